The van der Waals surface area contributed by atoms with E-state index in [-0.39, 0.29) is 27.0 Å². The van der Waals surface area contributed by atoms with Crippen molar-refractivity contribution in [2.24, 2.45) is 0 Å². The third-order valence-corrected chi connectivity index (χ3v) is 7.26. The Hall–Kier alpha value is -0.290. The molecule has 0 bridgehead atoms. The van der Waals surface area contributed by atoms with Gasteiger partial charge in [0.25, 0.3) is 0 Å². The molecule has 0 spiro atoms. The summed E-state index contributed by atoms with van der Waals surface area (Å²) in [5.74, 6) is 0. The number of rotatable bonds is 4. The maximum absolute atomic E-state index is 13.1. The van der Waals surface area contributed by atoms with Crippen LogP contribution in [-0.4, -0.2) is 24.8 Å². The summed E-state index contributed by atoms with van der Waals surface area (Å²) in [7, 11) is -3.63. The highest BCUT2D eigenvalue weighted by molar-refractivity contribution is 7.89. The van der Waals surface area contributed by atoms with E-state index in [1.165, 1.54) is 6.42 Å². The van der Waals surface area contributed by atoms with Crippen molar-refractivity contribution in [3.05, 3.63) is 28.2 Å². The molecule has 0 N–H and O–H groups in total. The van der Waals surface area contributed by atoms with Crippen molar-refractivity contribution >= 4 is 33.2 Å². The number of nitrogens with zero attached hydrogens (tertiary/aromatic N) is 1. The zero-order valence-electron chi connectivity index (χ0n) is 11.8. The molecule has 2 aliphatic carbocycles. The van der Waals surface area contributed by atoms with Crippen LogP contribution in [0, 0.1) is 0 Å². The smallest absolute Gasteiger partial charge is 0.207 e. The molecule has 3 nitrogen and oxygen atoms in total. The second-order valence-electron chi connectivity index (χ2n) is 5.91. The molecule has 2 saturated carbocycles. The maximum Gasteiger partial charge on any atom is 0.246 e. The summed E-state index contributed by atoms with van der Waals surface area (Å²) in [6.45, 7) is 0. The SMILES string of the molecule is O=S(=O)(c1c(Cl)cccc1Cl)N(C1CCCCC1)C1CC1. The normalized spacial score (nSPS) is 20.9. The number of hydrogen-bond donors (Lipinski definition) is 0. The number of benzene rings is 1. The van der Waals surface area contributed by atoms with Gasteiger partial charge < -0.3 is 0 Å². The Morgan fingerprint density at radius 1 is 0.905 bits per heavy atom. The lowest BCUT2D eigenvalue weighted by Crippen LogP contribution is -2.43. The lowest BCUT2D eigenvalue weighted by Gasteiger charge is -2.34. The van der Waals surface area contributed by atoms with Gasteiger partial charge in [0, 0.05) is 12.1 Å². The fourth-order valence-corrected chi connectivity index (χ4v) is 6.22. The van der Waals surface area contributed by atoms with Gasteiger partial charge in [0.05, 0.1) is 10.0 Å². The second-order valence-corrected chi connectivity index (χ2v) is 8.50. The molecular weight excluding hydrogens is 329 g/mol. The molecule has 0 radical (unpaired) electrons. The first-order valence-electron chi connectivity index (χ1n) is 7.49. The van der Waals surface area contributed by atoms with Crippen LogP contribution in [0.4, 0.5) is 0 Å². The molecule has 3 rings (SSSR count). The zero-order chi connectivity index (χ0) is 15.0. The molecule has 116 valence electrons. The van der Waals surface area contributed by atoms with Crippen molar-refractivity contribution in [1.82, 2.24) is 4.31 Å². The van der Waals surface area contributed by atoms with E-state index in [2.05, 4.69) is 0 Å². The number of halogens is 2. The lowest BCUT2D eigenvalue weighted by atomic mass is 9.95. The number of hydrogen-bond acceptors (Lipinski definition) is 2. The topological polar surface area (TPSA) is 37.4 Å². The van der Waals surface area contributed by atoms with Gasteiger partial charge in [-0.15, -0.1) is 0 Å². The van der Waals surface area contributed by atoms with Crippen LogP contribution in [0.2, 0.25) is 10.0 Å². The highest BCUT2D eigenvalue weighted by atomic mass is 35.5. The molecule has 2 fully saturated rings. The van der Waals surface area contributed by atoms with Crippen LogP contribution in [0.3, 0.4) is 0 Å². The van der Waals surface area contributed by atoms with E-state index in [4.69, 9.17) is 23.2 Å². The summed E-state index contributed by atoms with van der Waals surface area (Å²) < 4.78 is 27.9. The highest BCUT2D eigenvalue weighted by Crippen LogP contribution is 2.41. The predicted octanol–water partition coefficient (Wildman–Crippen LogP) is 4.48. The molecule has 0 amide bonds. The van der Waals surface area contributed by atoms with Crippen LogP contribution < -0.4 is 0 Å². The summed E-state index contributed by atoms with van der Waals surface area (Å²) in [4.78, 5) is 0.0748. The molecule has 1 aromatic carbocycles. The van der Waals surface area contributed by atoms with Gasteiger partial charge in [-0.2, -0.15) is 4.31 Å². The minimum atomic E-state index is -3.63. The summed E-state index contributed by atoms with van der Waals surface area (Å²) in [6.07, 6.45) is 7.16. The van der Waals surface area contributed by atoms with Crippen molar-refractivity contribution in [3.8, 4) is 0 Å². The fourth-order valence-electron chi connectivity index (χ4n) is 3.19. The first kappa shape index (κ1) is 15.6. The minimum Gasteiger partial charge on any atom is -0.207 e. The van der Waals surface area contributed by atoms with Crippen LogP contribution in [-0.2, 0) is 10.0 Å². The van der Waals surface area contributed by atoms with E-state index in [0.717, 1.165) is 38.5 Å². The van der Waals surface area contributed by atoms with Crippen molar-refractivity contribution in [3.63, 3.8) is 0 Å². The van der Waals surface area contributed by atoms with Crippen molar-refractivity contribution in [1.29, 1.82) is 0 Å². The molecule has 0 saturated heterocycles. The van der Waals surface area contributed by atoms with Crippen LogP contribution in [0.1, 0.15) is 44.9 Å². The third-order valence-electron chi connectivity index (χ3n) is 4.30. The first-order chi connectivity index (χ1) is 10.0. The first-order valence-corrected chi connectivity index (χ1v) is 9.69. The van der Waals surface area contributed by atoms with E-state index in [1.807, 2.05) is 0 Å². The van der Waals surface area contributed by atoms with E-state index >= 15 is 0 Å². The summed E-state index contributed by atoms with van der Waals surface area (Å²) in [5.41, 5.74) is 0. The van der Waals surface area contributed by atoms with Gasteiger partial charge in [0.15, 0.2) is 0 Å². The molecule has 6 heteroatoms. The molecule has 0 unspecified atom stereocenters. The standard InChI is InChI=1S/C15H19Cl2NO2S/c16-13-7-4-8-14(17)15(13)21(19,20)18(12-9-10-12)11-5-2-1-3-6-11/h4,7-8,11-12H,1-3,5-6,9-10H2. The van der Waals surface area contributed by atoms with Gasteiger partial charge in [0.2, 0.25) is 10.0 Å². The lowest BCUT2D eigenvalue weighted by molar-refractivity contribution is 0.246. The Bertz CT molecular complexity index is 602. The Kier molecular flexibility index (Phi) is 4.51. The van der Waals surface area contributed by atoms with E-state index in [1.54, 1.807) is 22.5 Å². The second kappa shape index (κ2) is 6.07. The molecule has 0 aromatic heterocycles. The monoisotopic (exact) mass is 347 g/mol. The minimum absolute atomic E-state index is 0.0748. The van der Waals surface area contributed by atoms with Gasteiger partial charge in [-0.25, -0.2) is 8.42 Å². The van der Waals surface area contributed by atoms with E-state index < -0.39 is 10.0 Å². The Balaban J connectivity index is 2.01. The van der Waals surface area contributed by atoms with Gasteiger partial charge in [-0.3, -0.25) is 0 Å². The average Bonchev–Trinajstić information content (AvgIpc) is 3.24. The van der Waals surface area contributed by atoms with E-state index in [0.29, 0.717) is 0 Å². The van der Waals surface area contributed by atoms with Crippen molar-refractivity contribution < 1.29 is 8.42 Å². The molecule has 1 aromatic rings. The van der Waals surface area contributed by atoms with E-state index in [9.17, 15) is 8.42 Å². The zero-order valence-corrected chi connectivity index (χ0v) is 14.1. The molecular formula is C15H19Cl2NO2S. The maximum atomic E-state index is 13.1. The van der Waals surface area contributed by atoms with Crippen molar-refractivity contribution in [2.45, 2.75) is 61.9 Å². The van der Waals surface area contributed by atoms with Gasteiger partial charge in [-0.05, 0) is 37.8 Å². The predicted molar refractivity (Wildman–Crippen MR) is 85.4 cm³/mol. The van der Waals surface area contributed by atoms with Crippen LogP contribution >= 0.6 is 23.2 Å². The fraction of sp³-hybridized carbons (Fsp3) is 0.600. The van der Waals surface area contributed by atoms with Crippen LogP contribution in [0.15, 0.2) is 23.1 Å². The molecule has 2 aliphatic rings. The Morgan fingerprint density at radius 2 is 1.43 bits per heavy atom. The molecule has 0 atom stereocenters. The Morgan fingerprint density at radius 3 is 1.95 bits per heavy atom. The highest BCUT2D eigenvalue weighted by Gasteiger charge is 2.44. The summed E-state index contributed by atoms with van der Waals surface area (Å²) in [6, 6.07) is 5.08. The average molecular weight is 348 g/mol. The third kappa shape index (κ3) is 3.09. The largest absolute Gasteiger partial charge is 0.246 e. The Labute approximate surface area is 136 Å². The van der Waals surface area contributed by atoms with Crippen LogP contribution in [0.5, 0.6) is 0 Å². The summed E-state index contributed by atoms with van der Waals surface area (Å²) >= 11 is 12.3. The molecule has 21 heavy (non-hydrogen) atoms. The van der Waals surface area contributed by atoms with Crippen LogP contribution in [0.25, 0.3) is 0 Å². The van der Waals surface area contributed by atoms with Crippen molar-refractivity contribution in [2.75, 3.05) is 0 Å². The van der Waals surface area contributed by atoms with Gasteiger partial charge in [0.1, 0.15) is 4.90 Å². The molecule has 0 heterocycles. The quantitative estimate of drug-likeness (QED) is 0.805. The van der Waals surface area contributed by atoms with Gasteiger partial charge in [-0.1, -0.05) is 48.5 Å². The molecule has 0 aliphatic heterocycles. The summed E-state index contributed by atoms with van der Waals surface area (Å²) in [5, 5.41) is 0.424. The van der Waals surface area contributed by atoms with Gasteiger partial charge >= 0.3 is 0 Å². The number of sulfonamides is 1.